The van der Waals surface area contributed by atoms with Crippen LogP contribution in [0.15, 0.2) is 0 Å². The van der Waals surface area contributed by atoms with Crippen LogP contribution in [0.2, 0.25) is 0 Å². The molecule has 3 amide bonds. The molecule has 0 aliphatic rings. The van der Waals surface area contributed by atoms with E-state index in [4.69, 9.17) is 5.11 Å². The average molecular weight is 217 g/mol. The van der Waals surface area contributed by atoms with Crippen molar-refractivity contribution in [2.75, 3.05) is 26.7 Å². The quantitative estimate of drug-likeness (QED) is 0.540. The van der Waals surface area contributed by atoms with E-state index in [1.165, 1.54) is 11.9 Å². The van der Waals surface area contributed by atoms with E-state index < -0.39 is 17.9 Å². The fraction of sp³-hybridized carbons (Fsp3) is 0.625. The zero-order valence-electron chi connectivity index (χ0n) is 8.74. The van der Waals surface area contributed by atoms with Gasteiger partial charge in [-0.1, -0.05) is 6.92 Å². The summed E-state index contributed by atoms with van der Waals surface area (Å²) in [5, 5.41) is 12.8. The van der Waals surface area contributed by atoms with Crippen molar-refractivity contribution in [3.05, 3.63) is 0 Å². The minimum atomic E-state index is -1.01. The molecule has 0 fully saturated rings. The van der Waals surface area contributed by atoms with Gasteiger partial charge in [-0.15, -0.1) is 0 Å². The van der Waals surface area contributed by atoms with Crippen molar-refractivity contribution < 1.29 is 19.5 Å². The number of nitrogens with zero attached hydrogens (tertiary/aromatic N) is 1. The van der Waals surface area contributed by atoms with Gasteiger partial charge in [0.15, 0.2) is 0 Å². The fourth-order valence-electron chi connectivity index (χ4n) is 0.903. The van der Waals surface area contributed by atoms with Crippen molar-refractivity contribution in [3.8, 4) is 0 Å². The molecular formula is C8H15N3O4. The van der Waals surface area contributed by atoms with E-state index >= 15 is 0 Å². The summed E-state index contributed by atoms with van der Waals surface area (Å²) in [5.74, 6) is -1.54. The van der Waals surface area contributed by atoms with Gasteiger partial charge in [0.05, 0.1) is 13.1 Å². The van der Waals surface area contributed by atoms with Crippen molar-refractivity contribution >= 4 is 17.9 Å². The van der Waals surface area contributed by atoms with Gasteiger partial charge >= 0.3 is 12.0 Å². The lowest BCUT2D eigenvalue weighted by Gasteiger charge is -2.16. The first-order chi connectivity index (χ1) is 6.99. The van der Waals surface area contributed by atoms with Gasteiger partial charge in [0.1, 0.15) is 0 Å². The summed E-state index contributed by atoms with van der Waals surface area (Å²) in [4.78, 5) is 33.7. The Hall–Kier alpha value is -1.63. The minimum absolute atomic E-state index is 0.115. The largest absolute Gasteiger partial charge is 0.480 e. The molecule has 0 aliphatic carbocycles. The van der Waals surface area contributed by atoms with Crippen LogP contribution in [-0.2, 0) is 9.59 Å². The topological polar surface area (TPSA) is 98.7 Å². The third kappa shape index (κ3) is 6.44. The first kappa shape index (κ1) is 13.4. The van der Waals surface area contributed by atoms with Gasteiger partial charge in [-0.05, 0) is 6.54 Å². The second-order valence-corrected chi connectivity index (χ2v) is 2.82. The number of imide groups is 1. The van der Waals surface area contributed by atoms with Crippen molar-refractivity contribution in [3.63, 3.8) is 0 Å². The zero-order valence-corrected chi connectivity index (χ0v) is 8.74. The van der Waals surface area contributed by atoms with E-state index in [1.54, 1.807) is 6.92 Å². The molecule has 0 aromatic carbocycles. The molecule has 7 nitrogen and oxygen atoms in total. The smallest absolute Gasteiger partial charge is 0.321 e. The summed E-state index contributed by atoms with van der Waals surface area (Å²) >= 11 is 0. The number of carbonyl (C=O) groups is 3. The van der Waals surface area contributed by atoms with Crippen LogP contribution in [0.25, 0.3) is 0 Å². The molecule has 0 aromatic heterocycles. The first-order valence-corrected chi connectivity index (χ1v) is 4.45. The van der Waals surface area contributed by atoms with Gasteiger partial charge < -0.3 is 10.4 Å². The molecule has 3 N–H and O–H groups in total. The van der Waals surface area contributed by atoms with Gasteiger partial charge in [0.25, 0.3) is 0 Å². The molecule has 0 saturated heterocycles. The SMILES string of the molecule is CCN(CC(=O)O)CC(=O)NC(=O)NC. The summed E-state index contributed by atoms with van der Waals surface area (Å²) in [6.45, 7) is 1.82. The number of rotatable bonds is 5. The third-order valence-electron chi connectivity index (χ3n) is 1.65. The summed E-state index contributed by atoms with van der Waals surface area (Å²) in [6, 6.07) is -0.605. The number of nitrogens with one attached hydrogen (secondary N) is 2. The molecule has 15 heavy (non-hydrogen) atoms. The molecule has 0 saturated carbocycles. The van der Waals surface area contributed by atoms with E-state index in [2.05, 4.69) is 5.32 Å². The van der Waals surface area contributed by atoms with Crippen LogP contribution >= 0.6 is 0 Å². The first-order valence-electron chi connectivity index (χ1n) is 4.45. The maximum Gasteiger partial charge on any atom is 0.321 e. The molecule has 0 atom stereocenters. The molecule has 0 heterocycles. The molecule has 0 radical (unpaired) electrons. The number of hydrogen-bond acceptors (Lipinski definition) is 4. The molecule has 86 valence electrons. The number of aliphatic carboxylic acids is 1. The van der Waals surface area contributed by atoms with Crippen LogP contribution in [0.3, 0.4) is 0 Å². The number of likely N-dealkylation sites (N-methyl/N-ethyl adjacent to an activating group) is 1. The Bertz CT molecular complexity index is 254. The van der Waals surface area contributed by atoms with Gasteiger partial charge in [-0.2, -0.15) is 0 Å². The third-order valence-corrected chi connectivity index (χ3v) is 1.65. The second-order valence-electron chi connectivity index (χ2n) is 2.82. The van der Waals surface area contributed by atoms with Gasteiger partial charge in [0.2, 0.25) is 5.91 Å². The lowest BCUT2D eigenvalue weighted by Crippen LogP contribution is -2.44. The summed E-state index contributed by atoms with van der Waals surface area (Å²) in [7, 11) is 1.39. The average Bonchev–Trinajstić information content (AvgIpc) is 2.15. The second kappa shape index (κ2) is 6.77. The number of urea groups is 1. The zero-order chi connectivity index (χ0) is 11.8. The Morgan fingerprint density at radius 1 is 1.27 bits per heavy atom. The van der Waals surface area contributed by atoms with Crippen LogP contribution in [0.5, 0.6) is 0 Å². The van der Waals surface area contributed by atoms with Crippen molar-refractivity contribution in [1.82, 2.24) is 15.5 Å². The molecule has 0 bridgehead atoms. The van der Waals surface area contributed by atoms with Gasteiger partial charge in [0, 0.05) is 7.05 Å². The summed E-state index contributed by atoms with van der Waals surface area (Å²) in [6.07, 6.45) is 0. The molecule has 0 aliphatic heterocycles. The lowest BCUT2D eigenvalue weighted by atomic mass is 10.4. The number of carbonyl (C=O) groups excluding carboxylic acids is 2. The van der Waals surface area contributed by atoms with E-state index in [0.717, 1.165) is 0 Å². The number of carboxylic acid groups (broad SMARTS) is 1. The summed E-state index contributed by atoms with van der Waals surface area (Å²) in [5.41, 5.74) is 0. The Labute approximate surface area is 87.4 Å². The minimum Gasteiger partial charge on any atom is -0.480 e. The predicted octanol–water partition coefficient (Wildman–Crippen LogP) is -1.15. The van der Waals surface area contributed by atoms with Crippen LogP contribution in [0.1, 0.15) is 6.92 Å². The van der Waals surface area contributed by atoms with Crippen LogP contribution in [0.4, 0.5) is 4.79 Å². The highest BCUT2D eigenvalue weighted by atomic mass is 16.4. The van der Waals surface area contributed by atoms with Crippen LogP contribution in [0, 0.1) is 0 Å². The molecule has 7 heteroatoms. The molecule has 0 spiro atoms. The molecule has 0 rings (SSSR count). The standard InChI is InChI=1S/C8H15N3O4/c1-3-11(5-7(13)14)4-6(12)10-8(15)9-2/h3-5H2,1-2H3,(H,13,14)(H2,9,10,12,15). The molecule has 0 unspecified atom stereocenters. The van der Waals surface area contributed by atoms with Crippen molar-refractivity contribution in [2.24, 2.45) is 0 Å². The highest BCUT2D eigenvalue weighted by molar-refractivity contribution is 5.95. The van der Waals surface area contributed by atoms with Crippen LogP contribution < -0.4 is 10.6 Å². The molecular weight excluding hydrogens is 202 g/mol. The van der Waals surface area contributed by atoms with Gasteiger partial charge in [-0.25, -0.2) is 4.79 Å². The highest BCUT2D eigenvalue weighted by Gasteiger charge is 2.13. The Kier molecular flexibility index (Phi) is 6.03. The Morgan fingerprint density at radius 3 is 2.27 bits per heavy atom. The van der Waals surface area contributed by atoms with E-state index in [9.17, 15) is 14.4 Å². The van der Waals surface area contributed by atoms with Crippen molar-refractivity contribution in [1.29, 1.82) is 0 Å². The maximum absolute atomic E-state index is 11.2. The molecule has 0 aromatic rings. The number of carboxylic acids is 1. The van der Waals surface area contributed by atoms with E-state index in [-0.39, 0.29) is 13.1 Å². The van der Waals surface area contributed by atoms with E-state index in [1.807, 2.05) is 5.32 Å². The lowest BCUT2D eigenvalue weighted by molar-refractivity contribution is -0.138. The highest BCUT2D eigenvalue weighted by Crippen LogP contribution is 1.87. The van der Waals surface area contributed by atoms with Crippen molar-refractivity contribution in [2.45, 2.75) is 6.92 Å². The predicted molar refractivity (Wildman–Crippen MR) is 52.3 cm³/mol. The Morgan fingerprint density at radius 2 is 1.87 bits per heavy atom. The normalized spacial score (nSPS) is 9.80. The Balaban J connectivity index is 4.01. The van der Waals surface area contributed by atoms with Crippen LogP contribution in [-0.4, -0.2) is 54.6 Å². The maximum atomic E-state index is 11.2. The monoisotopic (exact) mass is 217 g/mol. The number of hydrogen-bond donors (Lipinski definition) is 3. The fourth-order valence-corrected chi connectivity index (χ4v) is 0.903. The number of amides is 3. The van der Waals surface area contributed by atoms with E-state index in [0.29, 0.717) is 6.54 Å². The summed E-state index contributed by atoms with van der Waals surface area (Å²) < 4.78 is 0. The van der Waals surface area contributed by atoms with Gasteiger partial charge in [-0.3, -0.25) is 19.8 Å².